The minimum atomic E-state index is -0.815. The summed E-state index contributed by atoms with van der Waals surface area (Å²) in [5, 5.41) is 0. The Morgan fingerprint density at radius 2 is 0.631 bits per heavy atom. The molecule has 1 unspecified atom stereocenters. The Kier molecular flexibility index (Phi) is 49.5. The van der Waals surface area contributed by atoms with Crippen LogP contribution in [0.4, 0.5) is 0 Å². The smallest absolute Gasteiger partial charge is 0.306 e. The molecular formula is C59H96O6. The van der Waals surface area contributed by atoms with Crippen molar-refractivity contribution in [3.05, 3.63) is 109 Å². The van der Waals surface area contributed by atoms with Gasteiger partial charge in [-0.25, -0.2) is 0 Å². The number of hydrogen-bond acceptors (Lipinski definition) is 6. The van der Waals surface area contributed by atoms with Crippen LogP contribution in [0.3, 0.4) is 0 Å². The van der Waals surface area contributed by atoms with Gasteiger partial charge in [-0.1, -0.05) is 226 Å². The maximum absolute atomic E-state index is 12.8. The summed E-state index contributed by atoms with van der Waals surface area (Å²) < 4.78 is 16.7. The molecule has 0 aliphatic carbocycles. The standard InChI is InChI=1S/C59H96O6/c1-4-7-10-13-16-19-22-25-27-29-30-31-33-34-37-40-43-46-49-52-58(61)64-55-56(54-63-57(60)51-48-45-42-39-36-24-21-18-15-12-9-6-3)65-59(62)53-50-47-44-41-38-35-32-28-26-23-20-17-14-11-8-5-2/h7-8,10-11,16-17,19-20,25-28,30-31,34,37,43,46,56H,4-6,9,12-15,18,21-24,29,32-33,35-36,38-42,44-45,47-55H2,1-3H3/b10-7-,11-8-,19-16-,20-17-,27-25-,28-26-,31-30-,37-34-,46-43-. The van der Waals surface area contributed by atoms with Crippen LogP contribution in [0.2, 0.25) is 0 Å². The van der Waals surface area contributed by atoms with Gasteiger partial charge in [0.2, 0.25) is 0 Å². The molecule has 0 bridgehead atoms. The Morgan fingerprint density at radius 1 is 0.323 bits per heavy atom. The average molecular weight is 901 g/mol. The van der Waals surface area contributed by atoms with Crippen LogP contribution in [-0.2, 0) is 28.6 Å². The van der Waals surface area contributed by atoms with Crippen LogP contribution in [0.1, 0.15) is 226 Å². The molecule has 0 aromatic rings. The predicted molar refractivity (Wildman–Crippen MR) is 279 cm³/mol. The van der Waals surface area contributed by atoms with Crippen LogP contribution in [-0.4, -0.2) is 37.2 Å². The molecule has 0 heterocycles. The van der Waals surface area contributed by atoms with Crippen molar-refractivity contribution >= 4 is 17.9 Å². The Bertz CT molecular complexity index is 1360. The summed E-state index contributed by atoms with van der Waals surface area (Å²) >= 11 is 0. The summed E-state index contributed by atoms with van der Waals surface area (Å²) in [6.07, 6.45) is 70.8. The molecule has 0 radical (unpaired) electrons. The van der Waals surface area contributed by atoms with E-state index in [1.807, 2.05) is 6.08 Å². The number of ether oxygens (including phenoxy) is 3. The van der Waals surface area contributed by atoms with E-state index in [9.17, 15) is 14.4 Å². The number of unbranched alkanes of at least 4 members (excludes halogenated alkanes) is 17. The monoisotopic (exact) mass is 901 g/mol. The van der Waals surface area contributed by atoms with Crippen LogP contribution >= 0.6 is 0 Å². The second kappa shape index (κ2) is 52.7. The number of carbonyl (C=O) groups is 3. The number of rotatable bonds is 46. The van der Waals surface area contributed by atoms with Gasteiger partial charge in [0.1, 0.15) is 13.2 Å². The molecule has 0 amide bonds. The third kappa shape index (κ3) is 50.9. The summed E-state index contributed by atoms with van der Waals surface area (Å²) in [5.74, 6) is -1.01. The minimum absolute atomic E-state index is 0.107. The number of allylic oxidation sites excluding steroid dienone is 18. The molecule has 0 aromatic heterocycles. The molecule has 0 aromatic carbocycles. The van der Waals surface area contributed by atoms with Crippen molar-refractivity contribution in [1.82, 2.24) is 0 Å². The van der Waals surface area contributed by atoms with Crippen molar-refractivity contribution in [3.63, 3.8) is 0 Å². The zero-order valence-corrected chi connectivity index (χ0v) is 42.0. The fraction of sp³-hybridized carbons (Fsp3) is 0.644. The number of hydrogen-bond donors (Lipinski definition) is 0. The van der Waals surface area contributed by atoms with Gasteiger partial charge in [0.15, 0.2) is 6.10 Å². The molecule has 0 saturated carbocycles. The van der Waals surface area contributed by atoms with E-state index in [-0.39, 0.29) is 37.5 Å². The van der Waals surface area contributed by atoms with Gasteiger partial charge < -0.3 is 14.2 Å². The zero-order chi connectivity index (χ0) is 47.2. The van der Waals surface area contributed by atoms with E-state index in [0.717, 1.165) is 109 Å². The molecule has 0 rings (SSSR count). The lowest BCUT2D eigenvalue weighted by atomic mass is 10.0. The highest BCUT2D eigenvalue weighted by Gasteiger charge is 2.19. The highest BCUT2D eigenvalue weighted by atomic mass is 16.6. The fourth-order valence-electron chi connectivity index (χ4n) is 6.89. The van der Waals surface area contributed by atoms with Crippen LogP contribution in [0.15, 0.2) is 109 Å². The van der Waals surface area contributed by atoms with E-state index in [1.165, 1.54) is 70.6 Å². The van der Waals surface area contributed by atoms with E-state index in [4.69, 9.17) is 14.2 Å². The van der Waals surface area contributed by atoms with E-state index >= 15 is 0 Å². The van der Waals surface area contributed by atoms with Crippen molar-refractivity contribution < 1.29 is 28.6 Å². The van der Waals surface area contributed by atoms with Gasteiger partial charge in [0.25, 0.3) is 0 Å². The van der Waals surface area contributed by atoms with Crippen LogP contribution in [0.25, 0.3) is 0 Å². The largest absolute Gasteiger partial charge is 0.462 e. The molecule has 0 N–H and O–H groups in total. The Morgan fingerprint density at radius 3 is 1.03 bits per heavy atom. The first-order valence-corrected chi connectivity index (χ1v) is 26.4. The summed E-state index contributed by atoms with van der Waals surface area (Å²) in [6, 6.07) is 0. The van der Waals surface area contributed by atoms with E-state index in [2.05, 4.69) is 124 Å². The van der Waals surface area contributed by atoms with Crippen molar-refractivity contribution in [1.29, 1.82) is 0 Å². The Balaban J connectivity index is 4.52. The maximum Gasteiger partial charge on any atom is 0.306 e. The molecule has 0 saturated heterocycles. The summed E-state index contributed by atoms with van der Waals surface area (Å²) in [6.45, 7) is 6.33. The lowest BCUT2D eigenvalue weighted by Gasteiger charge is -2.18. The van der Waals surface area contributed by atoms with Crippen molar-refractivity contribution in [2.45, 2.75) is 232 Å². The SMILES string of the molecule is CC/C=C\C/C=C\C/C=C\C/C=C\C/C=C\C/C=C\CCC(=O)OCC(COC(=O)CCCCCCCCCCCCCC)OC(=O)CCCCCCCC/C=C\C/C=C\C/C=C\CC. The Labute approximate surface area is 400 Å². The molecule has 0 spiro atoms. The first-order valence-electron chi connectivity index (χ1n) is 26.4. The van der Waals surface area contributed by atoms with Crippen molar-refractivity contribution in [2.24, 2.45) is 0 Å². The van der Waals surface area contributed by atoms with Crippen molar-refractivity contribution in [3.8, 4) is 0 Å². The summed E-state index contributed by atoms with van der Waals surface area (Å²) in [4.78, 5) is 38.0. The zero-order valence-electron chi connectivity index (χ0n) is 42.0. The van der Waals surface area contributed by atoms with E-state index in [1.54, 1.807) is 0 Å². The van der Waals surface area contributed by atoms with Gasteiger partial charge in [-0.05, 0) is 89.9 Å². The number of esters is 3. The molecular weight excluding hydrogens is 805 g/mol. The van der Waals surface area contributed by atoms with Crippen molar-refractivity contribution in [2.75, 3.05) is 13.2 Å². The molecule has 6 nitrogen and oxygen atoms in total. The molecule has 0 fully saturated rings. The highest BCUT2D eigenvalue weighted by molar-refractivity contribution is 5.71. The molecule has 368 valence electrons. The van der Waals surface area contributed by atoms with E-state index < -0.39 is 6.10 Å². The summed E-state index contributed by atoms with van der Waals surface area (Å²) in [7, 11) is 0. The second-order valence-corrected chi connectivity index (χ2v) is 17.0. The second-order valence-electron chi connectivity index (χ2n) is 17.0. The van der Waals surface area contributed by atoms with Gasteiger partial charge in [-0.15, -0.1) is 0 Å². The third-order valence-corrected chi connectivity index (χ3v) is 10.8. The van der Waals surface area contributed by atoms with Crippen LogP contribution in [0.5, 0.6) is 0 Å². The quantitative estimate of drug-likeness (QED) is 0.0262. The first kappa shape index (κ1) is 61.1. The average Bonchev–Trinajstić information content (AvgIpc) is 3.30. The van der Waals surface area contributed by atoms with Gasteiger partial charge >= 0.3 is 17.9 Å². The maximum atomic E-state index is 12.8. The van der Waals surface area contributed by atoms with Crippen LogP contribution < -0.4 is 0 Å². The van der Waals surface area contributed by atoms with Gasteiger partial charge in [0, 0.05) is 19.3 Å². The van der Waals surface area contributed by atoms with Gasteiger partial charge in [0.05, 0.1) is 0 Å². The summed E-state index contributed by atoms with van der Waals surface area (Å²) in [5.41, 5.74) is 0. The molecule has 65 heavy (non-hydrogen) atoms. The van der Waals surface area contributed by atoms with Gasteiger partial charge in [-0.2, -0.15) is 0 Å². The molecule has 0 aliphatic rings. The van der Waals surface area contributed by atoms with Crippen LogP contribution in [0, 0.1) is 0 Å². The topological polar surface area (TPSA) is 78.9 Å². The first-order chi connectivity index (χ1) is 32.0. The molecule has 6 heteroatoms. The van der Waals surface area contributed by atoms with E-state index in [0.29, 0.717) is 19.3 Å². The minimum Gasteiger partial charge on any atom is -0.462 e. The molecule has 1 atom stereocenters. The van der Waals surface area contributed by atoms with Gasteiger partial charge in [-0.3, -0.25) is 14.4 Å². The predicted octanol–water partition coefficient (Wildman–Crippen LogP) is 17.5. The Hall–Kier alpha value is -3.93. The highest BCUT2D eigenvalue weighted by Crippen LogP contribution is 2.14. The fourth-order valence-corrected chi connectivity index (χ4v) is 6.89. The lowest BCUT2D eigenvalue weighted by Crippen LogP contribution is -2.30. The lowest BCUT2D eigenvalue weighted by molar-refractivity contribution is -0.166. The number of carbonyl (C=O) groups excluding carboxylic acids is 3. The normalized spacial score (nSPS) is 13.0. The molecule has 0 aliphatic heterocycles. The third-order valence-electron chi connectivity index (χ3n) is 10.8.